The van der Waals surface area contributed by atoms with Crippen LogP contribution >= 0.6 is 0 Å². The van der Waals surface area contributed by atoms with Crippen LogP contribution in [-0.4, -0.2) is 18.4 Å². The minimum Gasteiger partial charge on any atom is -0.440 e. The number of anilines is 1. The summed E-state index contributed by atoms with van der Waals surface area (Å²) in [4.78, 5) is 27.2. The lowest BCUT2D eigenvalue weighted by atomic mass is 9.84. The molecule has 1 unspecified atom stereocenters. The Morgan fingerprint density at radius 2 is 1.87 bits per heavy atom. The summed E-state index contributed by atoms with van der Waals surface area (Å²) >= 11 is 0. The summed E-state index contributed by atoms with van der Waals surface area (Å²) in [6, 6.07) is 14.8. The van der Waals surface area contributed by atoms with E-state index in [0.717, 1.165) is 16.8 Å². The van der Waals surface area contributed by atoms with Gasteiger partial charge in [0, 0.05) is 18.5 Å². The van der Waals surface area contributed by atoms with Gasteiger partial charge in [0.05, 0.1) is 11.3 Å². The molecule has 1 spiro atoms. The molecular weight excluding hydrogens is 290 g/mol. The number of nitrogens with zero attached hydrogens (tertiary/aromatic N) is 1. The van der Waals surface area contributed by atoms with E-state index in [4.69, 9.17) is 4.74 Å². The minimum absolute atomic E-state index is 0.207. The van der Waals surface area contributed by atoms with Gasteiger partial charge in [0.15, 0.2) is 0 Å². The van der Waals surface area contributed by atoms with Gasteiger partial charge in [-0.2, -0.15) is 0 Å². The van der Waals surface area contributed by atoms with E-state index in [1.807, 2.05) is 36.4 Å². The fourth-order valence-electron chi connectivity index (χ4n) is 3.46. The molecule has 2 aliphatic heterocycles. The van der Waals surface area contributed by atoms with Crippen LogP contribution in [0.2, 0.25) is 0 Å². The first-order valence-electron chi connectivity index (χ1n) is 7.51. The summed E-state index contributed by atoms with van der Waals surface area (Å²) in [5.74, 6) is -0.656. The Balaban J connectivity index is 1.91. The van der Waals surface area contributed by atoms with Crippen molar-refractivity contribution in [2.45, 2.75) is 12.0 Å². The van der Waals surface area contributed by atoms with Crippen molar-refractivity contribution in [2.24, 2.45) is 0 Å². The maximum Gasteiger partial charge on any atom is 0.339 e. The molecular formula is C19H15NO3. The Hall–Kier alpha value is -2.88. The summed E-state index contributed by atoms with van der Waals surface area (Å²) in [6.45, 7) is 4.10. The lowest BCUT2D eigenvalue weighted by Gasteiger charge is -2.33. The molecule has 1 amide bonds. The topological polar surface area (TPSA) is 46.6 Å². The third kappa shape index (κ3) is 1.78. The van der Waals surface area contributed by atoms with E-state index in [-0.39, 0.29) is 5.91 Å². The number of ether oxygens (including phenoxy) is 1. The fourth-order valence-corrected chi connectivity index (χ4v) is 3.46. The zero-order chi connectivity index (χ0) is 16.0. The molecule has 4 heteroatoms. The average Bonchev–Trinajstić information content (AvgIpc) is 2.78. The van der Waals surface area contributed by atoms with E-state index < -0.39 is 11.6 Å². The molecule has 0 fully saturated rings. The van der Waals surface area contributed by atoms with Gasteiger partial charge in [-0.05, 0) is 17.7 Å². The summed E-state index contributed by atoms with van der Waals surface area (Å²) in [5.41, 5.74) is 1.64. The van der Waals surface area contributed by atoms with Crippen LogP contribution in [0.25, 0.3) is 0 Å². The van der Waals surface area contributed by atoms with Crippen LogP contribution in [0.1, 0.15) is 21.5 Å². The molecule has 1 atom stereocenters. The van der Waals surface area contributed by atoms with Gasteiger partial charge in [0.25, 0.3) is 5.91 Å². The van der Waals surface area contributed by atoms with E-state index in [1.54, 1.807) is 23.1 Å². The Morgan fingerprint density at radius 1 is 1.13 bits per heavy atom. The van der Waals surface area contributed by atoms with Gasteiger partial charge in [-0.25, -0.2) is 4.79 Å². The molecule has 0 saturated carbocycles. The third-order valence-corrected chi connectivity index (χ3v) is 4.48. The predicted octanol–water partition coefficient (Wildman–Crippen LogP) is 2.83. The molecule has 23 heavy (non-hydrogen) atoms. The maximum atomic E-state index is 13.1. The van der Waals surface area contributed by atoms with Crippen molar-refractivity contribution in [1.82, 2.24) is 0 Å². The van der Waals surface area contributed by atoms with Gasteiger partial charge in [-0.15, -0.1) is 6.58 Å². The highest BCUT2D eigenvalue weighted by Gasteiger charge is 2.56. The van der Waals surface area contributed by atoms with Gasteiger partial charge in [-0.1, -0.05) is 42.5 Å². The quantitative estimate of drug-likeness (QED) is 0.633. The van der Waals surface area contributed by atoms with Gasteiger partial charge in [0.1, 0.15) is 0 Å². The van der Waals surface area contributed by atoms with E-state index in [0.29, 0.717) is 18.5 Å². The third-order valence-electron chi connectivity index (χ3n) is 4.48. The van der Waals surface area contributed by atoms with Gasteiger partial charge in [0.2, 0.25) is 5.60 Å². The zero-order valence-corrected chi connectivity index (χ0v) is 12.5. The first kappa shape index (κ1) is 13.8. The van der Waals surface area contributed by atoms with Crippen molar-refractivity contribution < 1.29 is 14.3 Å². The molecule has 0 N–H and O–H groups in total. The second-order valence-electron chi connectivity index (χ2n) is 5.77. The molecule has 0 bridgehead atoms. The van der Waals surface area contributed by atoms with E-state index in [2.05, 4.69) is 6.58 Å². The Bertz CT molecular complexity index is 842. The van der Waals surface area contributed by atoms with Gasteiger partial charge >= 0.3 is 5.97 Å². The molecule has 0 saturated heterocycles. The molecule has 0 aromatic heterocycles. The van der Waals surface area contributed by atoms with Crippen molar-refractivity contribution in [3.8, 4) is 0 Å². The number of hydrogen-bond acceptors (Lipinski definition) is 3. The molecule has 114 valence electrons. The molecule has 2 aromatic rings. The van der Waals surface area contributed by atoms with Gasteiger partial charge < -0.3 is 9.64 Å². The highest BCUT2D eigenvalue weighted by atomic mass is 16.6. The van der Waals surface area contributed by atoms with Crippen molar-refractivity contribution in [1.29, 1.82) is 0 Å². The average molecular weight is 305 g/mol. The number of fused-ring (bicyclic) bond motifs is 3. The Labute approximate surface area is 134 Å². The first-order valence-corrected chi connectivity index (χ1v) is 7.51. The summed E-state index contributed by atoms with van der Waals surface area (Å²) in [5, 5.41) is 0. The molecule has 4 rings (SSSR count). The highest BCUT2D eigenvalue weighted by Crippen LogP contribution is 2.47. The van der Waals surface area contributed by atoms with Crippen LogP contribution in [0.3, 0.4) is 0 Å². The zero-order valence-electron chi connectivity index (χ0n) is 12.5. The molecule has 0 radical (unpaired) electrons. The molecule has 2 aliphatic rings. The standard InChI is InChI=1S/C19H15NO3/c1-2-11-20-16-10-6-5-9-15(16)19(18(20)22)12-13-7-3-4-8-14(13)17(21)23-19/h2-10H,1,11-12H2. The SMILES string of the molecule is C=CCN1C(=O)C2(Cc3ccccc3C(=O)O2)c2ccccc21. The number of amides is 1. The van der Waals surface area contributed by atoms with E-state index in [9.17, 15) is 9.59 Å². The van der Waals surface area contributed by atoms with Crippen LogP contribution < -0.4 is 4.90 Å². The number of esters is 1. The largest absolute Gasteiger partial charge is 0.440 e. The van der Waals surface area contributed by atoms with E-state index >= 15 is 0 Å². The molecule has 0 aliphatic carbocycles. The molecule has 4 nitrogen and oxygen atoms in total. The Morgan fingerprint density at radius 3 is 2.70 bits per heavy atom. The van der Waals surface area contributed by atoms with Crippen LogP contribution in [-0.2, 0) is 21.6 Å². The highest BCUT2D eigenvalue weighted by molar-refractivity contribution is 6.10. The van der Waals surface area contributed by atoms with Crippen LogP contribution in [0, 0.1) is 0 Å². The summed E-state index contributed by atoms with van der Waals surface area (Å²) in [6.07, 6.45) is 2.03. The molecule has 2 aromatic carbocycles. The number of para-hydroxylation sites is 1. The first-order chi connectivity index (χ1) is 11.2. The summed E-state index contributed by atoms with van der Waals surface area (Å²) < 4.78 is 5.71. The maximum absolute atomic E-state index is 13.1. The minimum atomic E-state index is -1.26. The number of hydrogen-bond donors (Lipinski definition) is 0. The fraction of sp³-hybridized carbons (Fsp3) is 0.158. The second-order valence-corrected chi connectivity index (χ2v) is 5.77. The lowest BCUT2D eigenvalue weighted by molar-refractivity contribution is -0.137. The number of carbonyl (C=O) groups is 2. The lowest BCUT2D eigenvalue weighted by Crippen LogP contribution is -2.47. The predicted molar refractivity (Wildman–Crippen MR) is 86.2 cm³/mol. The van der Waals surface area contributed by atoms with Crippen LogP contribution in [0.5, 0.6) is 0 Å². The summed E-state index contributed by atoms with van der Waals surface area (Å²) in [7, 11) is 0. The number of benzene rings is 2. The van der Waals surface area contributed by atoms with Crippen molar-refractivity contribution >= 4 is 17.6 Å². The van der Waals surface area contributed by atoms with Crippen LogP contribution in [0.4, 0.5) is 5.69 Å². The molecule has 2 heterocycles. The van der Waals surface area contributed by atoms with Crippen molar-refractivity contribution in [2.75, 3.05) is 11.4 Å². The Kier molecular flexibility index (Phi) is 2.88. The van der Waals surface area contributed by atoms with Crippen molar-refractivity contribution in [3.05, 3.63) is 77.9 Å². The van der Waals surface area contributed by atoms with Crippen LogP contribution in [0.15, 0.2) is 61.2 Å². The van der Waals surface area contributed by atoms with Gasteiger partial charge in [-0.3, -0.25) is 4.79 Å². The van der Waals surface area contributed by atoms with Crippen molar-refractivity contribution in [3.63, 3.8) is 0 Å². The second kappa shape index (κ2) is 4.81. The van der Waals surface area contributed by atoms with E-state index in [1.165, 1.54) is 0 Å². The monoisotopic (exact) mass is 305 g/mol. The normalized spacial score (nSPS) is 21.8. The number of rotatable bonds is 2. The smallest absolute Gasteiger partial charge is 0.339 e. The number of carbonyl (C=O) groups excluding carboxylic acids is 2.